The van der Waals surface area contributed by atoms with E-state index in [-0.39, 0.29) is 29.9 Å². The van der Waals surface area contributed by atoms with Gasteiger partial charge in [-0.3, -0.25) is 4.79 Å². The van der Waals surface area contributed by atoms with Crippen LogP contribution in [0.4, 0.5) is 0 Å². The molecule has 28 heavy (non-hydrogen) atoms. The number of aryl methyl sites for hydroxylation is 1. The van der Waals surface area contributed by atoms with Gasteiger partial charge in [-0.25, -0.2) is 4.79 Å². The summed E-state index contributed by atoms with van der Waals surface area (Å²) in [7, 11) is 0. The number of cyclic esters (lactones) is 1. The molecule has 0 aromatic heterocycles. The Labute approximate surface area is 168 Å². The van der Waals surface area contributed by atoms with E-state index in [1.165, 1.54) is 11.8 Å². The quantitative estimate of drug-likeness (QED) is 0.640. The molecule has 0 fully saturated rings. The summed E-state index contributed by atoms with van der Waals surface area (Å²) in [5.74, 6) is -0.983. The second kappa shape index (κ2) is 8.97. The Morgan fingerprint density at radius 2 is 1.71 bits per heavy atom. The van der Waals surface area contributed by atoms with E-state index in [1.807, 2.05) is 36.4 Å². The molecule has 2 aromatic rings. The molecular formula is C22H22O5S. The van der Waals surface area contributed by atoms with E-state index in [0.29, 0.717) is 11.3 Å². The summed E-state index contributed by atoms with van der Waals surface area (Å²) in [6.07, 6.45) is 0.776. The predicted molar refractivity (Wildman–Crippen MR) is 108 cm³/mol. The molecule has 6 heteroatoms. The summed E-state index contributed by atoms with van der Waals surface area (Å²) in [6, 6.07) is 18.9. The normalized spacial score (nSPS) is 19.4. The van der Waals surface area contributed by atoms with Crippen molar-refractivity contribution in [3.05, 3.63) is 82.5 Å². The minimum atomic E-state index is -1.16. The van der Waals surface area contributed by atoms with Gasteiger partial charge in [-0.15, -0.1) is 11.8 Å². The van der Waals surface area contributed by atoms with E-state index in [4.69, 9.17) is 9.84 Å². The van der Waals surface area contributed by atoms with Crippen molar-refractivity contribution in [2.75, 3.05) is 5.75 Å². The average Bonchev–Trinajstić information content (AvgIpc) is 2.70. The lowest BCUT2D eigenvalue weighted by atomic mass is 9.83. The van der Waals surface area contributed by atoms with E-state index in [1.54, 1.807) is 24.3 Å². The smallest absolute Gasteiger partial charge is 0.348 e. The first-order chi connectivity index (χ1) is 13.5. The third kappa shape index (κ3) is 4.75. The molecule has 2 aromatic carbocycles. The molecule has 5 nitrogen and oxygen atoms in total. The van der Waals surface area contributed by atoms with Gasteiger partial charge in [0.1, 0.15) is 16.3 Å². The van der Waals surface area contributed by atoms with E-state index in [0.717, 1.165) is 12.0 Å². The monoisotopic (exact) mass is 398 g/mol. The molecule has 0 radical (unpaired) electrons. The summed E-state index contributed by atoms with van der Waals surface area (Å²) < 4.78 is 5.76. The van der Waals surface area contributed by atoms with Gasteiger partial charge in [-0.2, -0.15) is 0 Å². The lowest BCUT2D eigenvalue weighted by Gasteiger charge is -2.37. The second-order valence-electron chi connectivity index (χ2n) is 6.68. The third-order valence-corrected chi connectivity index (χ3v) is 5.81. The molecule has 0 saturated carbocycles. The molecule has 0 amide bonds. The third-order valence-electron chi connectivity index (χ3n) is 4.71. The largest absolute Gasteiger partial charge is 0.511 e. The van der Waals surface area contributed by atoms with Crippen LogP contribution in [0.2, 0.25) is 0 Å². The second-order valence-corrected chi connectivity index (χ2v) is 7.79. The number of benzene rings is 2. The van der Waals surface area contributed by atoms with Crippen LogP contribution in [0.1, 0.15) is 30.4 Å². The van der Waals surface area contributed by atoms with Crippen LogP contribution in [0.25, 0.3) is 0 Å². The molecule has 0 spiro atoms. The van der Waals surface area contributed by atoms with Crippen LogP contribution >= 0.6 is 11.8 Å². The molecule has 2 N–H and O–H groups in total. The molecule has 1 heterocycles. The van der Waals surface area contributed by atoms with Crippen molar-refractivity contribution in [2.45, 2.75) is 31.3 Å². The SMILES string of the molecule is O=C(O)CCC1(c2ccccc2)CC(O)=C(SCCc2ccccc2)C(=O)O1. The maximum Gasteiger partial charge on any atom is 0.348 e. The number of carbonyl (C=O) groups is 2. The fraction of sp³-hybridized carbons (Fsp3) is 0.273. The number of aliphatic carboxylic acids is 1. The topological polar surface area (TPSA) is 83.8 Å². The number of rotatable bonds is 8. The maximum atomic E-state index is 12.7. The molecule has 1 unspecified atom stereocenters. The number of carbonyl (C=O) groups excluding carboxylic acids is 1. The van der Waals surface area contributed by atoms with Gasteiger partial charge in [-0.05, 0) is 17.5 Å². The number of carboxylic acid groups (broad SMARTS) is 1. The number of ether oxygens (including phenoxy) is 1. The summed E-state index contributed by atoms with van der Waals surface area (Å²) >= 11 is 1.27. The van der Waals surface area contributed by atoms with Crippen molar-refractivity contribution >= 4 is 23.7 Å². The van der Waals surface area contributed by atoms with Gasteiger partial charge in [-0.1, -0.05) is 60.7 Å². The number of hydrogen-bond acceptors (Lipinski definition) is 5. The van der Waals surface area contributed by atoms with Crippen molar-refractivity contribution in [2.24, 2.45) is 0 Å². The predicted octanol–water partition coefficient (Wildman–Crippen LogP) is 4.44. The van der Waals surface area contributed by atoms with Crippen LogP contribution < -0.4 is 0 Å². The zero-order valence-corrected chi connectivity index (χ0v) is 16.2. The van der Waals surface area contributed by atoms with Crippen molar-refractivity contribution in [3.63, 3.8) is 0 Å². The first-order valence-electron chi connectivity index (χ1n) is 9.10. The van der Waals surface area contributed by atoms with Crippen LogP contribution in [0.3, 0.4) is 0 Å². The Morgan fingerprint density at radius 3 is 2.32 bits per heavy atom. The Morgan fingerprint density at radius 1 is 1.07 bits per heavy atom. The van der Waals surface area contributed by atoms with Crippen LogP contribution in [-0.4, -0.2) is 27.9 Å². The number of aliphatic hydroxyl groups excluding tert-OH is 1. The van der Waals surface area contributed by atoms with Crippen LogP contribution in [0, 0.1) is 0 Å². The van der Waals surface area contributed by atoms with Gasteiger partial charge in [0, 0.05) is 18.6 Å². The first-order valence-corrected chi connectivity index (χ1v) is 10.1. The fourth-order valence-electron chi connectivity index (χ4n) is 3.28. The maximum absolute atomic E-state index is 12.7. The molecule has 0 bridgehead atoms. The Balaban J connectivity index is 1.77. The summed E-state index contributed by atoms with van der Waals surface area (Å²) in [5.41, 5.74) is 0.674. The lowest BCUT2D eigenvalue weighted by molar-refractivity contribution is -0.162. The van der Waals surface area contributed by atoms with Crippen LogP contribution in [0.5, 0.6) is 0 Å². The first kappa shape index (κ1) is 20.0. The number of hydrogen-bond donors (Lipinski definition) is 2. The highest BCUT2D eigenvalue weighted by Gasteiger charge is 2.43. The Hall–Kier alpha value is -2.73. The summed E-state index contributed by atoms with van der Waals surface area (Å²) in [6.45, 7) is 0. The minimum Gasteiger partial charge on any atom is -0.511 e. The molecule has 1 atom stereocenters. The van der Waals surface area contributed by atoms with Crippen LogP contribution in [-0.2, 0) is 26.3 Å². The average molecular weight is 398 g/mol. The number of thioether (sulfide) groups is 1. The highest BCUT2D eigenvalue weighted by molar-refractivity contribution is 8.04. The standard InChI is InChI=1S/C22H22O5S/c23-18-15-22(13-11-19(24)25,17-9-5-2-6-10-17)27-21(26)20(18)28-14-12-16-7-3-1-4-8-16/h1-10,23H,11-15H2,(H,24,25). The zero-order chi connectivity index (χ0) is 20.0. The minimum absolute atomic E-state index is 0.0384. The van der Waals surface area contributed by atoms with Gasteiger partial charge < -0.3 is 14.9 Å². The van der Waals surface area contributed by atoms with E-state index in [9.17, 15) is 14.7 Å². The molecule has 0 aliphatic carbocycles. The van der Waals surface area contributed by atoms with E-state index < -0.39 is 17.5 Å². The fourth-order valence-corrected chi connectivity index (χ4v) is 4.22. The molecule has 1 aliphatic heterocycles. The highest BCUT2D eigenvalue weighted by Crippen LogP contribution is 2.43. The molecular weight excluding hydrogens is 376 g/mol. The Kier molecular flexibility index (Phi) is 6.41. The van der Waals surface area contributed by atoms with Gasteiger partial charge in [0.25, 0.3) is 0 Å². The summed E-state index contributed by atoms with van der Waals surface area (Å²) in [4.78, 5) is 24.0. The highest BCUT2D eigenvalue weighted by atomic mass is 32.2. The zero-order valence-electron chi connectivity index (χ0n) is 15.3. The van der Waals surface area contributed by atoms with E-state index in [2.05, 4.69) is 0 Å². The van der Waals surface area contributed by atoms with Crippen molar-refractivity contribution in [3.8, 4) is 0 Å². The molecule has 1 aliphatic rings. The lowest BCUT2D eigenvalue weighted by Crippen LogP contribution is -2.38. The summed E-state index contributed by atoms with van der Waals surface area (Å²) in [5, 5.41) is 19.7. The van der Waals surface area contributed by atoms with Gasteiger partial charge in [0.15, 0.2) is 0 Å². The Bertz CT molecular complexity index is 863. The van der Waals surface area contributed by atoms with Crippen molar-refractivity contribution in [1.29, 1.82) is 0 Å². The number of esters is 1. The van der Waals surface area contributed by atoms with Gasteiger partial charge in [0.2, 0.25) is 0 Å². The molecule has 0 saturated heterocycles. The van der Waals surface area contributed by atoms with Crippen molar-refractivity contribution < 1.29 is 24.5 Å². The van der Waals surface area contributed by atoms with Crippen LogP contribution in [0.15, 0.2) is 71.3 Å². The number of carboxylic acids is 1. The molecule has 3 rings (SSSR count). The van der Waals surface area contributed by atoms with Gasteiger partial charge in [0.05, 0.1) is 6.42 Å². The number of aliphatic hydroxyl groups is 1. The van der Waals surface area contributed by atoms with Gasteiger partial charge >= 0.3 is 11.9 Å². The van der Waals surface area contributed by atoms with E-state index >= 15 is 0 Å². The van der Waals surface area contributed by atoms with Crippen molar-refractivity contribution in [1.82, 2.24) is 0 Å². The molecule has 146 valence electrons.